The predicted octanol–water partition coefficient (Wildman–Crippen LogP) is 3.26. The van der Waals surface area contributed by atoms with E-state index in [1.165, 1.54) is 16.7 Å². The molecular weight excluding hydrogens is 345 g/mol. The fourth-order valence-electron chi connectivity index (χ4n) is 3.02. The number of pyridine rings is 1. The first-order valence-electron chi connectivity index (χ1n) is 8.04. The highest BCUT2D eigenvalue weighted by Crippen LogP contribution is 2.34. The van der Waals surface area contributed by atoms with E-state index in [0.29, 0.717) is 18.0 Å². The quantitative estimate of drug-likeness (QED) is 0.780. The van der Waals surface area contributed by atoms with Crippen LogP contribution in [0.3, 0.4) is 0 Å². The van der Waals surface area contributed by atoms with Gasteiger partial charge in [0.2, 0.25) is 0 Å². The van der Waals surface area contributed by atoms with Crippen molar-refractivity contribution in [1.29, 1.82) is 0 Å². The standard InChI is InChI=1S/C18H15ClFN3O2/c1-9-3-2-4-13(20)14(9)15-12(19)7-11-16(21-15)23(8-10-5-6-10)18(25)22-17(11)24/h2-4,7,10H,5-6,8H2,1H3,(H,22,24,25). The Hall–Kier alpha value is -2.47. The Morgan fingerprint density at radius 2 is 2.12 bits per heavy atom. The largest absolute Gasteiger partial charge is 0.330 e. The van der Waals surface area contributed by atoms with Crippen molar-refractivity contribution in [2.75, 3.05) is 0 Å². The summed E-state index contributed by atoms with van der Waals surface area (Å²) in [5.41, 5.74) is 0.380. The maximum Gasteiger partial charge on any atom is 0.330 e. The maximum atomic E-state index is 14.4. The molecule has 0 amide bonds. The van der Waals surface area contributed by atoms with E-state index in [0.717, 1.165) is 12.8 Å². The molecular formula is C18H15ClFN3O2. The van der Waals surface area contributed by atoms with Crippen LogP contribution in [0, 0.1) is 18.7 Å². The second kappa shape index (κ2) is 5.81. The van der Waals surface area contributed by atoms with Crippen molar-refractivity contribution in [3.8, 4) is 11.3 Å². The van der Waals surface area contributed by atoms with Crippen molar-refractivity contribution in [2.45, 2.75) is 26.3 Å². The maximum absolute atomic E-state index is 14.4. The molecule has 1 fully saturated rings. The summed E-state index contributed by atoms with van der Waals surface area (Å²) in [7, 11) is 0. The van der Waals surface area contributed by atoms with Gasteiger partial charge in [0.1, 0.15) is 11.5 Å². The first kappa shape index (κ1) is 16.0. The van der Waals surface area contributed by atoms with E-state index in [1.54, 1.807) is 19.1 Å². The summed E-state index contributed by atoms with van der Waals surface area (Å²) in [5.74, 6) is -0.0439. The van der Waals surface area contributed by atoms with Gasteiger partial charge in [0, 0.05) is 12.1 Å². The molecule has 1 aliphatic rings. The fourth-order valence-corrected chi connectivity index (χ4v) is 3.26. The lowest BCUT2D eigenvalue weighted by Crippen LogP contribution is -2.31. The molecule has 25 heavy (non-hydrogen) atoms. The van der Waals surface area contributed by atoms with E-state index in [9.17, 15) is 14.0 Å². The molecule has 0 aliphatic heterocycles. The molecule has 1 N–H and O–H groups in total. The lowest BCUT2D eigenvalue weighted by Gasteiger charge is -2.13. The topological polar surface area (TPSA) is 67.8 Å². The van der Waals surface area contributed by atoms with E-state index in [1.807, 2.05) is 0 Å². The van der Waals surface area contributed by atoms with E-state index < -0.39 is 17.1 Å². The molecule has 0 saturated heterocycles. The summed E-state index contributed by atoms with van der Waals surface area (Å²) in [5, 5.41) is 0.394. The van der Waals surface area contributed by atoms with Crippen molar-refractivity contribution in [2.24, 2.45) is 5.92 Å². The van der Waals surface area contributed by atoms with E-state index in [2.05, 4.69) is 9.97 Å². The third-order valence-electron chi connectivity index (χ3n) is 4.52. The Kier molecular flexibility index (Phi) is 3.72. The molecule has 1 aromatic carbocycles. The number of aryl methyl sites for hydroxylation is 1. The van der Waals surface area contributed by atoms with Gasteiger partial charge in [0.25, 0.3) is 5.56 Å². The van der Waals surface area contributed by atoms with Crippen LogP contribution in [0.5, 0.6) is 0 Å². The summed E-state index contributed by atoms with van der Waals surface area (Å²) >= 11 is 6.29. The predicted molar refractivity (Wildman–Crippen MR) is 94.5 cm³/mol. The summed E-state index contributed by atoms with van der Waals surface area (Å²) in [6.07, 6.45) is 2.08. The van der Waals surface area contributed by atoms with Crippen LogP contribution in [0.25, 0.3) is 22.3 Å². The smallest absolute Gasteiger partial charge is 0.277 e. The second-order valence-electron chi connectivity index (χ2n) is 6.43. The molecule has 0 bridgehead atoms. The van der Waals surface area contributed by atoms with Crippen molar-refractivity contribution < 1.29 is 4.39 Å². The molecule has 0 unspecified atom stereocenters. The number of nitrogens with one attached hydrogen (secondary N) is 1. The van der Waals surface area contributed by atoms with Crippen LogP contribution in [0.15, 0.2) is 33.9 Å². The number of H-pyrrole nitrogens is 1. The van der Waals surface area contributed by atoms with Gasteiger partial charge in [0.05, 0.1) is 16.1 Å². The Balaban J connectivity index is 2.05. The van der Waals surface area contributed by atoms with Gasteiger partial charge in [-0.3, -0.25) is 14.3 Å². The van der Waals surface area contributed by atoms with Crippen LogP contribution < -0.4 is 11.2 Å². The Morgan fingerprint density at radius 1 is 1.36 bits per heavy atom. The molecule has 2 aromatic heterocycles. The highest BCUT2D eigenvalue weighted by atomic mass is 35.5. The number of aromatic nitrogens is 3. The Morgan fingerprint density at radius 3 is 2.80 bits per heavy atom. The van der Waals surface area contributed by atoms with Crippen molar-refractivity contribution in [3.63, 3.8) is 0 Å². The summed E-state index contributed by atoms with van der Waals surface area (Å²) in [6.45, 7) is 2.24. The summed E-state index contributed by atoms with van der Waals surface area (Å²) in [4.78, 5) is 31.1. The van der Waals surface area contributed by atoms with Crippen molar-refractivity contribution in [3.05, 3.63) is 61.5 Å². The Labute approximate surface area is 147 Å². The van der Waals surface area contributed by atoms with Crippen LogP contribution in [0.1, 0.15) is 18.4 Å². The van der Waals surface area contributed by atoms with Crippen molar-refractivity contribution in [1.82, 2.24) is 14.5 Å². The van der Waals surface area contributed by atoms with Crippen LogP contribution in [-0.4, -0.2) is 14.5 Å². The third kappa shape index (κ3) is 2.76. The number of aromatic amines is 1. The van der Waals surface area contributed by atoms with Gasteiger partial charge in [-0.05, 0) is 43.4 Å². The second-order valence-corrected chi connectivity index (χ2v) is 6.84. The molecule has 2 heterocycles. The minimum Gasteiger partial charge on any atom is -0.277 e. The number of benzene rings is 1. The zero-order valence-electron chi connectivity index (χ0n) is 13.5. The number of hydrogen-bond donors (Lipinski definition) is 1. The van der Waals surface area contributed by atoms with Gasteiger partial charge >= 0.3 is 5.69 Å². The molecule has 0 atom stereocenters. The van der Waals surface area contributed by atoms with Gasteiger partial charge in [-0.1, -0.05) is 23.7 Å². The van der Waals surface area contributed by atoms with Crippen LogP contribution in [-0.2, 0) is 6.54 Å². The van der Waals surface area contributed by atoms with Crippen LogP contribution in [0.2, 0.25) is 5.02 Å². The molecule has 1 aliphatic carbocycles. The van der Waals surface area contributed by atoms with Crippen molar-refractivity contribution >= 4 is 22.6 Å². The number of rotatable bonds is 3. The minimum atomic E-state index is -0.543. The van der Waals surface area contributed by atoms with E-state index in [-0.39, 0.29) is 27.3 Å². The lowest BCUT2D eigenvalue weighted by atomic mass is 10.0. The lowest BCUT2D eigenvalue weighted by molar-refractivity contribution is 0.606. The first-order valence-corrected chi connectivity index (χ1v) is 8.42. The molecule has 3 aromatic rings. The number of nitrogens with zero attached hydrogens (tertiary/aromatic N) is 2. The fraction of sp³-hybridized carbons (Fsp3) is 0.278. The minimum absolute atomic E-state index is 0.169. The van der Waals surface area contributed by atoms with Crippen LogP contribution in [0.4, 0.5) is 4.39 Å². The third-order valence-corrected chi connectivity index (χ3v) is 4.81. The highest BCUT2D eigenvalue weighted by Gasteiger charge is 2.25. The molecule has 5 nitrogen and oxygen atoms in total. The number of halogens is 2. The average molecular weight is 360 g/mol. The molecule has 128 valence electrons. The molecule has 4 rings (SSSR count). The average Bonchev–Trinajstić information content (AvgIpc) is 3.36. The van der Waals surface area contributed by atoms with Crippen LogP contribution >= 0.6 is 11.6 Å². The molecule has 1 saturated carbocycles. The van der Waals surface area contributed by atoms with E-state index >= 15 is 0 Å². The van der Waals surface area contributed by atoms with E-state index in [4.69, 9.17) is 11.6 Å². The van der Waals surface area contributed by atoms with Gasteiger partial charge in [-0.25, -0.2) is 14.2 Å². The summed E-state index contributed by atoms with van der Waals surface area (Å²) in [6, 6.07) is 6.15. The molecule has 0 spiro atoms. The normalized spacial score (nSPS) is 14.2. The van der Waals surface area contributed by atoms with Gasteiger partial charge in [-0.2, -0.15) is 0 Å². The number of fused-ring (bicyclic) bond motifs is 1. The highest BCUT2D eigenvalue weighted by molar-refractivity contribution is 6.33. The zero-order chi connectivity index (χ0) is 17.7. The Bertz CT molecular complexity index is 1100. The monoisotopic (exact) mass is 359 g/mol. The van der Waals surface area contributed by atoms with Gasteiger partial charge in [0.15, 0.2) is 0 Å². The summed E-state index contributed by atoms with van der Waals surface area (Å²) < 4.78 is 15.8. The molecule has 0 radical (unpaired) electrons. The first-order chi connectivity index (χ1) is 12.0. The zero-order valence-corrected chi connectivity index (χ0v) is 14.2. The van der Waals surface area contributed by atoms with Gasteiger partial charge in [-0.15, -0.1) is 0 Å². The van der Waals surface area contributed by atoms with Gasteiger partial charge < -0.3 is 0 Å². The number of hydrogen-bond acceptors (Lipinski definition) is 3. The molecule has 7 heteroatoms. The SMILES string of the molecule is Cc1cccc(F)c1-c1nc2c(cc1Cl)c(=O)[nH]c(=O)n2CC1CC1.